The summed E-state index contributed by atoms with van der Waals surface area (Å²) in [6, 6.07) is 7.27. The number of rotatable bonds is 6. The number of benzene rings is 1. The molecule has 4 N–H and O–H groups in total. The van der Waals surface area contributed by atoms with Crippen LogP contribution in [0.25, 0.3) is 0 Å². The Morgan fingerprint density at radius 3 is 2.65 bits per heavy atom. The van der Waals surface area contributed by atoms with Crippen molar-refractivity contribution in [3.05, 3.63) is 29.8 Å². The van der Waals surface area contributed by atoms with Crippen LogP contribution in [-0.2, 0) is 11.2 Å². The van der Waals surface area contributed by atoms with Crippen LogP contribution in [0.15, 0.2) is 24.3 Å². The third kappa shape index (κ3) is 5.36. The van der Waals surface area contributed by atoms with E-state index in [9.17, 15) is 4.79 Å². The van der Waals surface area contributed by atoms with Crippen LogP contribution in [-0.4, -0.2) is 23.6 Å². The number of carbonyl (C=O) groups is 1. The van der Waals surface area contributed by atoms with Gasteiger partial charge in [-0.2, -0.15) is 0 Å². The maximum absolute atomic E-state index is 11.3. The molecular formula is C13H20N2O2. The van der Waals surface area contributed by atoms with E-state index in [1.165, 1.54) is 0 Å². The van der Waals surface area contributed by atoms with Crippen LogP contribution >= 0.6 is 0 Å². The highest BCUT2D eigenvalue weighted by Gasteiger charge is 2.06. The fourth-order valence-corrected chi connectivity index (χ4v) is 1.60. The molecule has 4 heteroatoms. The summed E-state index contributed by atoms with van der Waals surface area (Å²) in [7, 11) is 0. The molecule has 0 saturated heterocycles. The Bertz CT molecular complexity index is 349. The van der Waals surface area contributed by atoms with Crippen molar-refractivity contribution in [1.82, 2.24) is 5.32 Å². The van der Waals surface area contributed by atoms with Crippen molar-refractivity contribution in [3.63, 3.8) is 0 Å². The predicted octanol–water partition coefficient (Wildman–Crippen LogP) is 1.18. The second-order valence-electron chi connectivity index (χ2n) is 4.21. The largest absolute Gasteiger partial charge is 0.508 e. The molecule has 1 aromatic carbocycles. The molecule has 0 aliphatic carbocycles. The number of hydrogen-bond acceptors (Lipinski definition) is 3. The molecule has 94 valence electrons. The third-order valence-electron chi connectivity index (χ3n) is 2.58. The van der Waals surface area contributed by atoms with E-state index in [0.717, 1.165) is 18.4 Å². The van der Waals surface area contributed by atoms with Crippen LogP contribution in [0, 0.1) is 0 Å². The number of nitrogens with one attached hydrogen (secondary N) is 1. The summed E-state index contributed by atoms with van der Waals surface area (Å²) in [5.74, 6) is 0.281. The van der Waals surface area contributed by atoms with Gasteiger partial charge in [-0.1, -0.05) is 12.1 Å². The van der Waals surface area contributed by atoms with E-state index in [4.69, 9.17) is 10.8 Å². The zero-order valence-corrected chi connectivity index (χ0v) is 10.1. The summed E-state index contributed by atoms with van der Waals surface area (Å²) >= 11 is 0. The number of amides is 1. The lowest BCUT2D eigenvalue weighted by Crippen LogP contribution is -2.33. The van der Waals surface area contributed by atoms with Gasteiger partial charge in [0.15, 0.2) is 0 Å². The van der Waals surface area contributed by atoms with Gasteiger partial charge >= 0.3 is 0 Å². The van der Waals surface area contributed by atoms with E-state index in [1.54, 1.807) is 12.1 Å². The zero-order valence-electron chi connectivity index (χ0n) is 10.1. The van der Waals surface area contributed by atoms with E-state index in [0.29, 0.717) is 13.0 Å². The van der Waals surface area contributed by atoms with Crippen LogP contribution < -0.4 is 11.1 Å². The molecule has 1 rings (SSSR count). The summed E-state index contributed by atoms with van der Waals surface area (Å²) in [5, 5.41) is 12.0. The summed E-state index contributed by atoms with van der Waals surface area (Å²) in [4.78, 5) is 11.3. The minimum Gasteiger partial charge on any atom is -0.508 e. The van der Waals surface area contributed by atoms with Gasteiger partial charge in [-0.3, -0.25) is 4.79 Å². The van der Waals surface area contributed by atoms with Crippen LogP contribution in [0.4, 0.5) is 0 Å². The Morgan fingerprint density at radius 2 is 2.06 bits per heavy atom. The van der Waals surface area contributed by atoms with Gasteiger partial charge in [0.25, 0.3) is 0 Å². The highest BCUT2D eigenvalue weighted by molar-refractivity contribution is 5.76. The van der Waals surface area contributed by atoms with Crippen molar-refractivity contribution in [2.45, 2.75) is 32.2 Å². The molecule has 1 aromatic rings. The summed E-state index contributed by atoms with van der Waals surface area (Å²) in [6.07, 6.45) is 2.13. The highest BCUT2D eigenvalue weighted by Crippen LogP contribution is 2.11. The number of phenolic OH excluding ortho intramolecular Hbond substituents is 1. The van der Waals surface area contributed by atoms with E-state index in [2.05, 4.69) is 5.32 Å². The first-order chi connectivity index (χ1) is 8.11. The van der Waals surface area contributed by atoms with E-state index in [1.807, 2.05) is 19.1 Å². The first-order valence-electron chi connectivity index (χ1n) is 5.89. The average Bonchev–Trinajstić information content (AvgIpc) is 2.28. The lowest BCUT2D eigenvalue weighted by molar-refractivity contribution is -0.121. The van der Waals surface area contributed by atoms with Gasteiger partial charge in [-0.15, -0.1) is 0 Å². The first-order valence-corrected chi connectivity index (χ1v) is 5.89. The maximum atomic E-state index is 11.3. The van der Waals surface area contributed by atoms with Gasteiger partial charge in [-0.25, -0.2) is 0 Å². The number of aromatic hydroxyl groups is 1. The van der Waals surface area contributed by atoms with Crippen molar-refractivity contribution in [2.24, 2.45) is 5.73 Å². The molecule has 0 spiro atoms. The van der Waals surface area contributed by atoms with Crippen LogP contribution in [0.3, 0.4) is 0 Å². The lowest BCUT2D eigenvalue weighted by atomic mass is 10.1. The van der Waals surface area contributed by atoms with Crippen molar-refractivity contribution >= 4 is 5.91 Å². The number of aryl methyl sites for hydroxylation is 1. The minimum absolute atomic E-state index is 0.00528. The van der Waals surface area contributed by atoms with Gasteiger partial charge in [0.1, 0.15) is 5.75 Å². The molecule has 0 fully saturated rings. The second kappa shape index (κ2) is 6.91. The van der Waals surface area contributed by atoms with Gasteiger partial charge in [0, 0.05) is 19.0 Å². The number of phenols is 1. The fourth-order valence-electron chi connectivity index (χ4n) is 1.60. The highest BCUT2D eigenvalue weighted by atomic mass is 16.3. The molecule has 1 atom stereocenters. The van der Waals surface area contributed by atoms with Crippen molar-refractivity contribution in [3.8, 4) is 5.75 Å². The van der Waals surface area contributed by atoms with Crippen LogP contribution in [0.1, 0.15) is 25.3 Å². The summed E-state index contributed by atoms with van der Waals surface area (Å²) in [5.41, 5.74) is 6.46. The molecule has 0 radical (unpaired) electrons. The molecule has 0 bridgehead atoms. The molecule has 0 aliphatic heterocycles. The molecule has 17 heavy (non-hydrogen) atoms. The number of nitrogens with two attached hydrogens (primary N) is 1. The zero-order chi connectivity index (χ0) is 12.7. The van der Waals surface area contributed by atoms with Crippen molar-refractivity contribution in [2.75, 3.05) is 6.54 Å². The Morgan fingerprint density at radius 1 is 1.41 bits per heavy atom. The predicted molar refractivity (Wildman–Crippen MR) is 67.7 cm³/mol. The Hall–Kier alpha value is -1.55. The van der Waals surface area contributed by atoms with Gasteiger partial charge in [0.2, 0.25) is 5.91 Å². The Kier molecular flexibility index (Phi) is 5.49. The molecule has 4 nitrogen and oxygen atoms in total. The van der Waals surface area contributed by atoms with E-state index >= 15 is 0 Å². The standard InChI is InChI=1S/C13H20N2O2/c1-10(15-13(17)8-9-14)2-3-11-4-6-12(16)7-5-11/h4-7,10,16H,2-3,8-9,14H2,1H3,(H,15,17). The van der Waals surface area contributed by atoms with E-state index in [-0.39, 0.29) is 17.7 Å². The third-order valence-corrected chi connectivity index (χ3v) is 2.58. The Labute approximate surface area is 102 Å². The Balaban J connectivity index is 2.30. The molecule has 0 aromatic heterocycles. The average molecular weight is 236 g/mol. The molecule has 0 saturated carbocycles. The van der Waals surface area contributed by atoms with Gasteiger partial charge < -0.3 is 16.2 Å². The summed E-state index contributed by atoms with van der Waals surface area (Å²) in [6.45, 7) is 2.37. The maximum Gasteiger partial charge on any atom is 0.221 e. The smallest absolute Gasteiger partial charge is 0.221 e. The van der Waals surface area contributed by atoms with Gasteiger partial charge in [0.05, 0.1) is 0 Å². The van der Waals surface area contributed by atoms with Crippen molar-refractivity contribution < 1.29 is 9.90 Å². The molecule has 1 amide bonds. The summed E-state index contributed by atoms with van der Waals surface area (Å²) < 4.78 is 0. The SMILES string of the molecule is CC(CCc1ccc(O)cc1)NC(=O)CCN. The monoisotopic (exact) mass is 236 g/mol. The fraction of sp³-hybridized carbons (Fsp3) is 0.462. The topological polar surface area (TPSA) is 75.3 Å². The second-order valence-corrected chi connectivity index (χ2v) is 4.21. The lowest BCUT2D eigenvalue weighted by Gasteiger charge is -2.13. The van der Waals surface area contributed by atoms with Gasteiger partial charge in [-0.05, 0) is 37.5 Å². The first kappa shape index (κ1) is 13.5. The molecular weight excluding hydrogens is 216 g/mol. The number of hydrogen-bond donors (Lipinski definition) is 3. The quantitative estimate of drug-likeness (QED) is 0.694. The van der Waals surface area contributed by atoms with E-state index < -0.39 is 0 Å². The molecule has 1 unspecified atom stereocenters. The van der Waals surface area contributed by atoms with Crippen LogP contribution in [0.2, 0.25) is 0 Å². The molecule has 0 heterocycles. The normalized spacial score (nSPS) is 12.1. The minimum atomic E-state index is 0.00528. The number of carbonyl (C=O) groups excluding carboxylic acids is 1. The molecule has 0 aliphatic rings. The van der Waals surface area contributed by atoms with Crippen LogP contribution in [0.5, 0.6) is 5.75 Å². The van der Waals surface area contributed by atoms with Crippen molar-refractivity contribution in [1.29, 1.82) is 0 Å².